The molecule has 3 unspecified atom stereocenters. The number of rotatable bonds is 6. The van der Waals surface area contributed by atoms with Gasteiger partial charge in [0, 0.05) is 18.5 Å². The average Bonchev–Trinajstić information content (AvgIpc) is 3.38. The number of carboxylic acid groups (broad SMARTS) is 2. The molecule has 27 heavy (non-hydrogen) atoms. The van der Waals surface area contributed by atoms with Crippen LogP contribution in [0.25, 0.3) is 0 Å². The average molecular weight is 376 g/mol. The molecule has 0 radical (unpaired) electrons. The second-order valence-corrected chi connectivity index (χ2v) is 7.75. The van der Waals surface area contributed by atoms with E-state index in [-0.39, 0.29) is 36.6 Å². The van der Waals surface area contributed by atoms with Gasteiger partial charge in [0.05, 0.1) is 17.6 Å². The number of nitrogens with one attached hydrogen (secondary N) is 1. The fraction of sp³-hybridized carbons (Fsp3) is 0.526. The summed E-state index contributed by atoms with van der Waals surface area (Å²) in [7, 11) is 0. The van der Waals surface area contributed by atoms with E-state index in [0.717, 1.165) is 0 Å². The largest absolute Gasteiger partial charge is 0.481 e. The SMILES string of the molecule is O=C(O)CCC(=O)C1(NC2CC3C2Cc2cc(F)ccc2N3C(=O)O)CC1. The van der Waals surface area contributed by atoms with Gasteiger partial charge in [0.2, 0.25) is 0 Å². The summed E-state index contributed by atoms with van der Waals surface area (Å²) < 4.78 is 13.6. The molecule has 3 atom stereocenters. The number of carboxylic acids is 1. The summed E-state index contributed by atoms with van der Waals surface area (Å²) in [5.41, 5.74) is 0.524. The van der Waals surface area contributed by atoms with Crippen LogP contribution in [0.5, 0.6) is 0 Å². The van der Waals surface area contributed by atoms with Crippen molar-refractivity contribution < 1.29 is 29.0 Å². The third kappa shape index (κ3) is 3.07. The second kappa shape index (κ2) is 6.30. The standard InChI is InChI=1S/C19H21FN2O5/c20-11-1-2-14-10(7-11)8-12-13(9-15(12)22(14)18(26)27)21-19(5-6-19)16(23)3-4-17(24)25/h1-2,7,12-13,15,21H,3-6,8-9H2,(H,24,25)(H,26,27). The van der Waals surface area contributed by atoms with Crippen LogP contribution in [0, 0.1) is 11.7 Å². The minimum absolute atomic E-state index is 0.00154. The number of nitrogens with zero attached hydrogens (tertiary/aromatic N) is 1. The zero-order valence-corrected chi connectivity index (χ0v) is 14.7. The molecule has 0 aromatic heterocycles. The molecule has 1 aromatic carbocycles. The fourth-order valence-corrected chi connectivity index (χ4v) is 4.50. The van der Waals surface area contributed by atoms with E-state index in [0.29, 0.717) is 36.9 Å². The molecule has 0 saturated heterocycles. The minimum atomic E-state index is -1.06. The van der Waals surface area contributed by atoms with Crippen LogP contribution in [0.2, 0.25) is 0 Å². The number of aliphatic carboxylic acids is 1. The van der Waals surface area contributed by atoms with Crippen LogP contribution in [0.15, 0.2) is 18.2 Å². The highest BCUT2D eigenvalue weighted by molar-refractivity contribution is 5.93. The molecule has 2 saturated carbocycles. The van der Waals surface area contributed by atoms with E-state index in [9.17, 15) is 23.9 Å². The van der Waals surface area contributed by atoms with Gasteiger partial charge in [-0.15, -0.1) is 0 Å². The van der Waals surface area contributed by atoms with Gasteiger partial charge in [0.25, 0.3) is 0 Å². The third-order valence-corrected chi connectivity index (χ3v) is 6.11. The number of ketones is 1. The molecule has 7 nitrogen and oxygen atoms in total. The molecule has 1 aliphatic heterocycles. The van der Waals surface area contributed by atoms with E-state index in [2.05, 4.69) is 5.32 Å². The molecule has 1 aromatic rings. The van der Waals surface area contributed by atoms with Crippen LogP contribution >= 0.6 is 0 Å². The molecular formula is C19H21FN2O5. The van der Waals surface area contributed by atoms with Crippen LogP contribution in [-0.2, 0) is 16.0 Å². The highest BCUT2D eigenvalue weighted by atomic mass is 19.1. The van der Waals surface area contributed by atoms with Gasteiger partial charge in [-0.1, -0.05) is 0 Å². The van der Waals surface area contributed by atoms with Crippen molar-refractivity contribution in [1.82, 2.24) is 5.32 Å². The molecule has 1 amide bonds. The Hall–Kier alpha value is -2.48. The van der Waals surface area contributed by atoms with Gasteiger partial charge in [0.1, 0.15) is 5.82 Å². The molecule has 3 N–H and O–H groups in total. The molecule has 3 aliphatic rings. The van der Waals surface area contributed by atoms with E-state index in [4.69, 9.17) is 5.11 Å². The fourth-order valence-electron chi connectivity index (χ4n) is 4.50. The van der Waals surface area contributed by atoms with E-state index in [1.54, 1.807) is 0 Å². The van der Waals surface area contributed by atoms with E-state index in [1.807, 2.05) is 0 Å². The molecule has 8 heteroatoms. The summed E-state index contributed by atoms with van der Waals surface area (Å²) >= 11 is 0. The predicted octanol–water partition coefficient (Wildman–Crippen LogP) is 2.18. The Balaban J connectivity index is 1.49. The van der Waals surface area contributed by atoms with Gasteiger partial charge < -0.3 is 15.5 Å². The number of halogens is 1. The molecule has 144 valence electrons. The summed E-state index contributed by atoms with van der Waals surface area (Å²) in [6.45, 7) is 0. The molecule has 1 heterocycles. The van der Waals surface area contributed by atoms with Crippen LogP contribution in [-0.4, -0.2) is 45.7 Å². The van der Waals surface area contributed by atoms with Crippen molar-refractivity contribution in [1.29, 1.82) is 0 Å². The number of amides is 1. The monoisotopic (exact) mass is 376 g/mol. The van der Waals surface area contributed by atoms with Crippen molar-refractivity contribution in [3.05, 3.63) is 29.6 Å². The Morgan fingerprint density at radius 2 is 1.96 bits per heavy atom. The summed E-state index contributed by atoms with van der Waals surface area (Å²) in [6, 6.07) is 3.92. The first-order chi connectivity index (χ1) is 12.8. The quantitative estimate of drug-likeness (QED) is 0.703. The molecule has 0 bridgehead atoms. The first-order valence-electron chi connectivity index (χ1n) is 9.14. The van der Waals surface area contributed by atoms with E-state index < -0.39 is 23.4 Å². The van der Waals surface area contributed by atoms with Crippen molar-refractivity contribution in [3.8, 4) is 0 Å². The van der Waals surface area contributed by atoms with Crippen molar-refractivity contribution in [2.45, 2.75) is 56.1 Å². The van der Waals surface area contributed by atoms with Crippen molar-refractivity contribution >= 4 is 23.5 Å². The predicted molar refractivity (Wildman–Crippen MR) is 93.3 cm³/mol. The zero-order chi connectivity index (χ0) is 19.3. The maximum Gasteiger partial charge on any atom is 0.412 e. The van der Waals surface area contributed by atoms with Crippen molar-refractivity contribution in [2.24, 2.45) is 5.92 Å². The summed E-state index contributed by atoms with van der Waals surface area (Å²) in [5.74, 6) is -1.51. The zero-order valence-electron chi connectivity index (χ0n) is 14.7. The highest BCUT2D eigenvalue weighted by Crippen LogP contribution is 2.47. The lowest BCUT2D eigenvalue weighted by atomic mass is 9.67. The lowest BCUT2D eigenvalue weighted by molar-refractivity contribution is -0.139. The Kier molecular flexibility index (Phi) is 4.18. The highest BCUT2D eigenvalue weighted by Gasteiger charge is 2.56. The number of Topliss-reactive ketones (excluding diaryl/α,β-unsaturated/α-hetero) is 1. The third-order valence-electron chi connectivity index (χ3n) is 6.11. The van der Waals surface area contributed by atoms with Crippen LogP contribution in [0.4, 0.5) is 14.9 Å². The Labute approximate surface area is 155 Å². The number of hydrogen-bond donors (Lipinski definition) is 3. The van der Waals surface area contributed by atoms with Gasteiger partial charge in [-0.05, 0) is 55.4 Å². The van der Waals surface area contributed by atoms with Crippen LogP contribution in [0.1, 0.15) is 37.7 Å². The number of carbonyl (C=O) groups is 3. The number of carbonyl (C=O) groups excluding carboxylic acids is 1. The van der Waals surface area contributed by atoms with Crippen molar-refractivity contribution in [3.63, 3.8) is 0 Å². The van der Waals surface area contributed by atoms with Gasteiger partial charge in [0.15, 0.2) is 5.78 Å². The lowest BCUT2D eigenvalue weighted by Crippen LogP contribution is -2.66. The maximum absolute atomic E-state index is 13.6. The topological polar surface area (TPSA) is 107 Å². The molecular weight excluding hydrogens is 355 g/mol. The van der Waals surface area contributed by atoms with Crippen LogP contribution in [0.3, 0.4) is 0 Å². The van der Waals surface area contributed by atoms with E-state index >= 15 is 0 Å². The summed E-state index contributed by atoms with van der Waals surface area (Å²) in [5, 5.41) is 21.8. The second-order valence-electron chi connectivity index (χ2n) is 7.75. The van der Waals surface area contributed by atoms with E-state index in [1.165, 1.54) is 23.1 Å². The molecule has 0 spiro atoms. The van der Waals surface area contributed by atoms with Gasteiger partial charge in [-0.3, -0.25) is 14.5 Å². The van der Waals surface area contributed by atoms with Gasteiger partial charge >= 0.3 is 12.1 Å². The van der Waals surface area contributed by atoms with Gasteiger partial charge in [-0.2, -0.15) is 0 Å². The Morgan fingerprint density at radius 1 is 1.22 bits per heavy atom. The smallest absolute Gasteiger partial charge is 0.412 e. The maximum atomic E-state index is 13.6. The van der Waals surface area contributed by atoms with Gasteiger partial charge in [-0.25, -0.2) is 9.18 Å². The number of fused-ring (bicyclic) bond motifs is 2. The normalized spacial score (nSPS) is 27.1. The lowest BCUT2D eigenvalue weighted by Gasteiger charge is -2.53. The Bertz CT molecular complexity index is 822. The van der Waals surface area contributed by atoms with Crippen molar-refractivity contribution in [2.75, 3.05) is 4.90 Å². The first kappa shape index (κ1) is 17.9. The number of benzene rings is 1. The Morgan fingerprint density at radius 3 is 2.59 bits per heavy atom. The van der Waals surface area contributed by atoms with Crippen LogP contribution < -0.4 is 10.2 Å². The first-order valence-corrected chi connectivity index (χ1v) is 9.14. The molecule has 2 aliphatic carbocycles. The summed E-state index contributed by atoms with van der Waals surface area (Å²) in [4.78, 5) is 36.2. The number of hydrogen-bond acceptors (Lipinski definition) is 4. The minimum Gasteiger partial charge on any atom is -0.481 e. The molecule has 2 fully saturated rings. The molecule has 4 rings (SSSR count). The number of anilines is 1. The summed E-state index contributed by atoms with van der Waals surface area (Å²) in [6.07, 6.45) is 1.24.